The molecule has 2 amide bonds. The average Bonchev–Trinajstić information content (AvgIpc) is 3.32. The molecule has 1 aliphatic carbocycles. The SMILES string of the molecule is CCC(C(=O)NC1CCCC1)N(Cc1ccccc1C)C(=O)CCCOc1ccc(Cl)cc1. The minimum atomic E-state index is -0.477. The number of benzene rings is 2. The second-order valence-electron chi connectivity index (χ2n) is 8.77. The Morgan fingerprint density at radius 3 is 2.48 bits per heavy atom. The molecule has 1 fully saturated rings. The summed E-state index contributed by atoms with van der Waals surface area (Å²) in [7, 11) is 0. The zero-order chi connectivity index (χ0) is 23.6. The topological polar surface area (TPSA) is 58.6 Å². The van der Waals surface area contributed by atoms with Crippen molar-refractivity contribution in [1.82, 2.24) is 10.2 Å². The highest BCUT2D eigenvalue weighted by molar-refractivity contribution is 6.30. The van der Waals surface area contributed by atoms with Gasteiger partial charge in [-0.15, -0.1) is 0 Å². The van der Waals surface area contributed by atoms with Crippen molar-refractivity contribution in [3.8, 4) is 5.75 Å². The van der Waals surface area contributed by atoms with E-state index in [1.165, 1.54) is 0 Å². The van der Waals surface area contributed by atoms with Crippen molar-refractivity contribution >= 4 is 23.4 Å². The smallest absolute Gasteiger partial charge is 0.243 e. The van der Waals surface area contributed by atoms with Crippen molar-refractivity contribution in [1.29, 1.82) is 0 Å². The Hall–Kier alpha value is -2.53. The normalized spacial score (nSPS) is 14.6. The Balaban J connectivity index is 1.65. The Morgan fingerprint density at radius 2 is 1.82 bits per heavy atom. The lowest BCUT2D eigenvalue weighted by Crippen LogP contribution is -2.51. The molecule has 0 aromatic heterocycles. The van der Waals surface area contributed by atoms with Crippen LogP contribution in [0.2, 0.25) is 5.02 Å². The predicted molar refractivity (Wildman–Crippen MR) is 132 cm³/mol. The van der Waals surface area contributed by atoms with Crippen molar-refractivity contribution in [3.63, 3.8) is 0 Å². The van der Waals surface area contributed by atoms with Crippen LogP contribution in [0.1, 0.15) is 63.0 Å². The van der Waals surface area contributed by atoms with Gasteiger partial charge in [-0.3, -0.25) is 9.59 Å². The van der Waals surface area contributed by atoms with Crippen LogP contribution in [0.4, 0.5) is 0 Å². The summed E-state index contributed by atoms with van der Waals surface area (Å²) in [5, 5.41) is 3.85. The zero-order valence-electron chi connectivity index (χ0n) is 19.7. The van der Waals surface area contributed by atoms with Gasteiger partial charge in [-0.25, -0.2) is 0 Å². The fourth-order valence-electron chi connectivity index (χ4n) is 4.35. The van der Waals surface area contributed by atoms with Gasteiger partial charge in [0.05, 0.1) is 6.61 Å². The summed E-state index contributed by atoms with van der Waals surface area (Å²) in [5.41, 5.74) is 2.18. The number of carbonyl (C=O) groups excluding carboxylic acids is 2. The van der Waals surface area contributed by atoms with Crippen molar-refractivity contribution in [2.75, 3.05) is 6.61 Å². The van der Waals surface area contributed by atoms with Crippen LogP contribution < -0.4 is 10.1 Å². The van der Waals surface area contributed by atoms with Crippen LogP contribution in [0.5, 0.6) is 5.75 Å². The third-order valence-corrected chi connectivity index (χ3v) is 6.56. The third-order valence-electron chi connectivity index (χ3n) is 6.31. The minimum absolute atomic E-state index is 0.0219. The molecule has 6 heteroatoms. The number of nitrogens with zero attached hydrogens (tertiary/aromatic N) is 1. The maximum absolute atomic E-state index is 13.3. The highest BCUT2D eigenvalue weighted by Gasteiger charge is 2.30. The molecule has 3 rings (SSSR count). The molecule has 0 saturated heterocycles. The van der Waals surface area contributed by atoms with Gasteiger partial charge in [0.15, 0.2) is 0 Å². The van der Waals surface area contributed by atoms with Gasteiger partial charge in [-0.05, 0) is 68.0 Å². The largest absolute Gasteiger partial charge is 0.494 e. The van der Waals surface area contributed by atoms with Crippen molar-refractivity contribution in [2.45, 2.75) is 77.4 Å². The van der Waals surface area contributed by atoms with Crippen LogP contribution in [0.25, 0.3) is 0 Å². The number of amides is 2. The first-order chi connectivity index (χ1) is 16.0. The Labute approximate surface area is 202 Å². The quantitative estimate of drug-likeness (QED) is 0.430. The lowest BCUT2D eigenvalue weighted by molar-refractivity contribution is -0.141. The third kappa shape index (κ3) is 7.50. The van der Waals surface area contributed by atoms with Gasteiger partial charge in [0.25, 0.3) is 0 Å². The van der Waals surface area contributed by atoms with E-state index in [4.69, 9.17) is 16.3 Å². The Bertz CT molecular complexity index is 910. The van der Waals surface area contributed by atoms with E-state index in [2.05, 4.69) is 5.32 Å². The summed E-state index contributed by atoms with van der Waals surface area (Å²) < 4.78 is 5.74. The number of hydrogen-bond donors (Lipinski definition) is 1. The molecule has 0 radical (unpaired) electrons. The summed E-state index contributed by atoms with van der Waals surface area (Å²) in [6.45, 7) is 4.87. The molecule has 1 saturated carbocycles. The second kappa shape index (κ2) is 12.6. The molecule has 2 aromatic carbocycles. The molecule has 0 aliphatic heterocycles. The summed E-state index contributed by atoms with van der Waals surface area (Å²) >= 11 is 5.91. The first-order valence-corrected chi connectivity index (χ1v) is 12.4. The Morgan fingerprint density at radius 1 is 1.12 bits per heavy atom. The van der Waals surface area contributed by atoms with Crippen LogP contribution in [0.15, 0.2) is 48.5 Å². The highest BCUT2D eigenvalue weighted by Crippen LogP contribution is 2.21. The number of halogens is 1. The number of hydrogen-bond acceptors (Lipinski definition) is 3. The van der Waals surface area contributed by atoms with Gasteiger partial charge >= 0.3 is 0 Å². The van der Waals surface area contributed by atoms with E-state index >= 15 is 0 Å². The first-order valence-electron chi connectivity index (χ1n) is 12.0. The highest BCUT2D eigenvalue weighted by atomic mass is 35.5. The molecule has 5 nitrogen and oxygen atoms in total. The lowest BCUT2D eigenvalue weighted by atomic mass is 10.0. The molecule has 0 spiro atoms. The molecule has 33 heavy (non-hydrogen) atoms. The molecule has 1 N–H and O–H groups in total. The van der Waals surface area contributed by atoms with Crippen LogP contribution >= 0.6 is 11.6 Å². The van der Waals surface area contributed by atoms with Gasteiger partial charge in [-0.1, -0.05) is 55.6 Å². The van der Waals surface area contributed by atoms with Gasteiger partial charge in [-0.2, -0.15) is 0 Å². The first kappa shape index (κ1) is 25.1. The number of rotatable bonds is 11. The van der Waals surface area contributed by atoms with E-state index in [-0.39, 0.29) is 17.9 Å². The lowest BCUT2D eigenvalue weighted by Gasteiger charge is -2.32. The van der Waals surface area contributed by atoms with E-state index < -0.39 is 6.04 Å². The molecule has 1 atom stereocenters. The number of ether oxygens (including phenoxy) is 1. The molecule has 1 aliphatic rings. The van der Waals surface area contributed by atoms with E-state index in [9.17, 15) is 9.59 Å². The standard InChI is InChI=1S/C27H35ClN2O3/c1-3-25(27(32)29-23-11-6-7-12-23)30(19-21-10-5-4-9-20(21)2)26(31)13-8-18-33-24-16-14-22(28)15-17-24/h4-5,9-10,14-17,23,25H,3,6-8,11-13,18-19H2,1-2H3,(H,29,32). The summed E-state index contributed by atoms with van der Waals surface area (Å²) in [6, 6.07) is 15.0. The fourth-order valence-corrected chi connectivity index (χ4v) is 4.47. The fraction of sp³-hybridized carbons (Fsp3) is 0.481. The molecule has 0 heterocycles. The van der Waals surface area contributed by atoms with E-state index in [0.717, 1.165) is 42.6 Å². The summed E-state index contributed by atoms with van der Waals surface area (Å²) in [4.78, 5) is 28.2. The second-order valence-corrected chi connectivity index (χ2v) is 9.20. The van der Waals surface area contributed by atoms with Gasteiger partial charge < -0.3 is 15.0 Å². The van der Waals surface area contributed by atoms with Gasteiger partial charge in [0, 0.05) is 24.0 Å². The van der Waals surface area contributed by atoms with Crippen LogP contribution in [0, 0.1) is 6.92 Å². The molecular weight excluding hydrogens is 436 g/mol. The van der Waals surface area contributed by atoms with E-state index in [1.807, 2.05) is 50.2 Å². The van der Waals surface area contributed by atoms with E-state index in [0.29, 0.717) is 37.4 Å². The maximum Gasteiger partial charge on any atom is 0.243 e. The van der Waals surface area contributed by atoms with Crippen LogP contribution in [0.3, 0.4) is 0 Å². The number of nitrogens with one attached hydrogen (secondary N) is 1. The molecule has 2 aromatic rings. The average molecular weight is 471 g/mol. The van der Waals surface area contributed by atoms with Gasteiger partial charge in [0.1, 0.15) is 11.8 Å². The van der Waals surface area contributed by atoms with Crippen LogP contribution in [-0.2, 0) is 16.1 Å². The number of aryl methyl sites for hydroxylation is 1. The minimum Gasteiger partial charge on any atom is -0.494 e. The predicted octanol–water partition coefficient (Wildman–Crippen LogP) is 5.67. The van der Waals surface area contributed by atoms with Gasteiger partial charge in [0.2, 0.25) is 11.8 Å². The number of carbonyl (C=O) groups is 2. The van der Waals surface area contributed by atoms with E-state index in [1.54, 1.807) is 17.0 Å². The monoisotopic (exact) mass is 470 g/mol. The summed E-state index contributed by atoms with van der Waals surface area (Å²) in [6.07, 6.45) is 5.84. The zero-order valence-corrected chi connectivity index (χ0v) is 20.4. The molecular formula is C27H35ClN2O3. The molecule has 0 bridgehead atoms. The Kier molecular flexibility index (Phi) is 9.61. The van der Waals surface area contributed by atoms with Crippen molar-refractivity contribution < 1.29 is 14.3 Å². The van der Waals surface area contributed by atoms with Crippen molar-refractivity contribution in [2.24, 2.45) is 0 Å². The molecule has 1 unspecified atom stereocenters. The van der Waals surface area contributed by atoms with Crippen LogP contribution in [-0.4, -0.2) is 35.4 Å². The molecule has 178 valence electrons. The van der Waals surface area contributed by atoms with Crippen molar-refractivity contribution in [3.05, 3.63) is 64.7 Å². The maximum atomic E-state index is 13.3. The summed E-state index contributed by atoms with van der Waals surface area (Å²) in [5.74, 6) is 0.668.